The molecule has 5 fully saturated rings. The van der Waals surface area contributed by atoms with Gasteiger partial charge in [-0.2, -0.15) is 0 Å². The fraction of sp³-hybridized carbons (Fsp3) is 0.688. The quantitative estimate of drug-likeness (QED) is 0.352. The van der Waals surface area contributed by atoms with Crippen LogP contribution in [-0.4, -0.2) is 96.5 Å². The number of amides is 5. The van der Waals surface area contributed by atoms with Crippen LogP contribution in [0.3, 0.4) is 0 Å². The molecule has 1 atom stereocenters. The van der Waals surface area contributed by atoms with Crippen molar-refractivity contribution in [3.63, 3.8) is 0 Å². The Labute approximate surface area is 258 Å². The number of carbonyl (C=O) groups excluding carboxylic acids is 4. The van der Waals surface area contributed by atoms with Crippen LogP contribution in [0.2, 0.25) is 0 Å². The third kappa shape index (κ3) is 8.46. The number of alkyl halides is 1. The van der Waals surface area contributed by atoms with E-state index in [0.29, 0.717) is 49.4 Å². The van der Waals surface area contributed by atoms with Gasteiger partial charge >= 0.3 is 6.03 Å². The fourth-order valence-corrected chi connectivity index (χ4v) is 5.97. The number of hydrogen-bond acceptors (Lipinski definition) is 5. The zero-order chi connectivity index (χ0) is 31.6. The van der Waals surface area contributed by atoms with Crippen molar-refractivity contribution in [2.45, 2.75) is 82.0 Å². The minimum Gasteiger partial charge on any atom is -0.351 e. The van der Waals surface area contributed by atoms with Gasteiger partial charge in [-0.1, -0.05) is 6.07 Å². The zero-order valence-corrected chi connectivity index (χ0v) is 25.8. The molecule has 1 aliphatic heterocycles. The molecule has 1 heterocycles. The summed E-state index contributed by atoms with van der Waals surface area (Å²) in [7, 11) is 3.77. The number of primary amides is 1. The van der Waals surface area contributed by atoms with E-state index in [9.17, 15) is 28.0 Å². The monoisotopic (exact) mass is 616 g/mol. The van der Waals surface area contributed by atoms with Crippen LogP contribution >= 0.6 is 0 Å². The Hall–Kier alpha value is -3.28. The predicted molar refractivity (Wildman–Crippen MR) is 162 cm³/mol. The number of nitrogens with two attached hydrogens (primary N) is 1. The van der Waals surface area contributed by atoms with Crippen LogP contribution in [0.25, 0.3) is 0 Å². The van der Waals surface area contributed by atoms with E-state index in [0.717, 1.165) is 51.6 Å². The summed E-state index contributed by atoms with van der Waals surface area (Å²) in [6.45, 7) is 3.12. The van der Waals surface area contributed by atoms with E-state index in [-0.39, 0.29) is 36.4 Å². The summed E-state index contributed by atoms with van der Waals surface area (Å²) in [6.07, 6.45) is 7.32. The molecular weight excluding hydrogens is 570 g/mol. The molecule has 5 aliphatic rings. The number of piperazine rings is 1. The van der Waals surface area contributed by atoms with Crippen molar-refractivity contribution in [1.82, 2.24) is 20.0 Å². The van der Waals surface area contributed by atoms with Gasteiger partial charge in [0.1, 0.15) is 11.9 Å². The molecule has 5 amide bonds. The third-order valence-corrected chi connectivity index (χ3v) is 9.60. The molecule has 1 aromatic carbocycles. The first-order valence-corrected chi connectivity index (χ1v) is 16.0. The lowest BCUT2D eigenvalue weighted by molar-refractivity contribution is -0.132. The second-order valence-corrected chi connectivity index (χ2v) is 13.3. The summed E-state index contributed by atoms with van der Waals surface area (Å²) < 4.78 is 29.3. The topological polar surface area (TPSA) is 128 Å². The van der Waals surface area contributed by atoms with Gasteiger partial charge in [0.2, 0.25) is 11.8 Å². The summed E-state index contributed by atoms with van der Waals surface area (Å²) in [5.41, 5.74) is 3.80. The smallest absolute Gasteiger partial charge is 0.314 e. The molecule has 6 rings (SSSR count). The Morgan fingerprint density at radius 2 is 1.64 bits per heavy atom. The van der Waals surface area contributed by atoms with Crippen molar-refractivity contribution in [3.05, 3.63) is 29.6 Å². The Morgan fingerprint density at radius 1 is 1.02 bits per heavy atom. The number of benzene rings is 1. The lowest BCUT2D eigenvalue weighted by atomic mass is 9.88. The van der Waals surface area contributed by atoms with Gasteiger partial charge in [0, 0.05) is 45.7 Å². The van der Waals surface area contributed by atoms with Crippen molar-refractivity contribution < 1.29 is 28.0 Å². The molecule has 1 unspecified atom stereocenters. The van der Waals surface area contributed by atoms with Gasteiger partial charge in [0.15, 0.2) is 5.67 Å². The molecule has 0 spiro atoms. The molecule has 4 N–H and O–H groups in total. The van der Waals surface area contributed by atoms with Gasteiger partial charge in [-0.25, -0.2) is 13.6 Å². The van der Waals surface area contributed by atoms with E-state index in [4.69, 9.17) is 5.73 Å². The van der Waals surface area contributed by atoms with E-state index in [2.05, 4.69) is 15.5 Å². The van der Waals surface area contributed by atoms with Crippen molar-refractivity contribution in [2.24, 2.45) is 23.5 Å². The van der Waals surface area contributed by atoms with E-state index in [1.165, 1.54) is 12.1 Å². The Balaban J connectivity index is 0.000000418. The second kappa shape index (κ2) is 13.4. The number of hydrogen-bond donors (Lipinski definition) is 3. The number of likely N-dealkylation sites (N-methyl/N-ethyl adjacent to an activating group) is 1. The fourth-order valence-electron chi connectivity index (χ4n) is 5.97. The van der Waals surface area contributed by atoms with Crippen molar-refractivity contribution in [2.75, 3.05) is 45.6 Å². The summed E-state index contributed by atoms with van der Waals surface area (Å²) in [4.78, 5) is 54.2. The Kier molecular flexibility index (Phi) is 9.77. The molecular formula is C32H46F2N6O4. The minimum atomic E-state index is -1.87. The molecule has 1 saturated heterocycles. The average Bonchev–Trinajstić information content (AvgIpc) is 3.82. The SMILES string of the molecule is CN(C(N)=O)C1CC1.CN1CCN(C(=O)CCc2ccc(NC(=O)C(NC(=O)C3(F)CC3)C(C3CC3)C3CC3)c(F)c2)CC1. The summed E-state index contributed by atoms with van der Waals surface area (Å²) >= 11 is 0. The Bertz CT molecular complexity index is 1230. The molecule has 0 radical (unpaired) electrons. The number of anilines is 1. The molecule has 1 aromatic rings. The van der Waals surface area contributed by atoms with Gasteiger partial charge in [-0.3, -0.25) is 14.4 Å². The maximum atomic E-state index is 14.9. The van der Waals surface area contributed by atoms with Crippen LogP contribution in [0.15, 0.2) is 18.2 Å². The third-order valence-electron chi connectivity index (χ3n) is 9.60. The van der Waals surface area contributed by atoms with E-state index in [1.807, 2.05) is 11.9 Å². The normalized spacial score (nSPS) is 21.5. The molecule has 0 aromatic heterocycles. The highest BCUT2D eigenvalue weighted by molar-refractivity contribution is 5.99. The van der Waals surface area contributed by atoms with Crippen LogP contribution in [0.1, 0.15) is 63.4 Å². The van der Waals surface area contributed by atoms with Crippen molar-refractivity contribution >= 4 is 29.4 Å². The van der Waals surface area contributed by atoms with E-state index in [1.54, 1.807) is 18.0 Å². The summed E-state index contributed by atoms with van der Waals surface area (Å²) in [6, 6.07) is 3.83. The first kappa shape index (κ1) is 32.1. The van der Waals surface area contributed by atoms with Crippen LogP contribution in [0.4, 0.5) is 19.3 Å². The lowest BCUT2D eigenvalue weighted by Crippen LogP contribution is -2.52. The number of urea groups is 1. The van der Waals surface area contributed by atoms with E-state index >= 15 is 0 Å². The number of nitrogens with one attached hydrogen (secondary N) is 2. The predicted octanol–water partition coefficient (Wildman–Crippen LogP) is 3.05. The summed E-state index contributed by atoms with van der Waals surface area (Å²) in [5, 5.41) is 5.34. The minimum absolute atomic E-state index is 0.0279. The van der Waals surface area contributed by atoms with Crippen LogP contribution in [-0.2, 0) is 20.8 Å². The maximum absolute atomic E-state index is 14.9. The first-order valence-electron chi connectivity index (χ1n) is 16.0. The van der Waals surface area contributed by atoms with Gasteiger partial charge in [0.05, 0.1) is 5.69 Å². The molecule has 44 heavy (non-hydrogen) atoms. The maximum Gasteiger partial charge on any atom is 0.314 e. The average molecular weight is 617 g/mol. The van der Waals surface area contributed by atoms with Gasteiger partial charge in [0.25, 0.3) is 5.91 Å². The number of rotatable bonds is 11. The highest BCUT2D eigenvalue weighted by Crippen LogP contribution is 2.51. The molecule has 4 saturated carbocycles. The van der Waals surface area contributed by atoms with Crippen molar-refractivity contribution in [3.8, 4) is 0 Å². The summed E-state index contributed by atoms with van der Waals surface area (Å²) in [5.74, 6) is -1.10. The van der Waals surface area contributed by atoms with Gasteiger partial charge in [-0.15, -0.1) is 0 Å². The molecule has 10 nitrogen and oxygen atoms in total. The first-order chi connectivity index (χ1) is 20.9. The second-order valence-electron chi connectivity index (χ2n) is 13.3. The van der Waals surface area contributed by atoms with Crippen molar-refractivity contribution in [1.29, 1.82) is 0 Å². The number of nitrogens with zero attached hydrogens (tertiary/aromatic N) is 3. The molecule has 0 bridgehead atoms. The standard InChI is InChI=1S/C27H36F2N4O3.C5H10N2O/c1-32-12-14-33(15-13-32)22(34)9-3-17-2-8-21(20(28)16-17)30-25(35)24(31-26(36)27(29)10-11-27)23(18-4-5-18)19-6-7-19;1-7(5(6)8)4-2-3-4/h2,8,16,18-19,23-24H,3-7,9-15H2,1H3,(H,30,35)(H,31,36);4H,2-3H2,1H3,(H2,6,8). The molecule has 242 valence electrons. The highest BCUT2D eigenvalue weighted by Gasteiger charge is 2.54. The molecule has 12 heteroatoms. The zero-order valence-electron chi connectivity index (χ0n) is 25.8. The van der Waals surface area contributed by atoms with Crippen LogP contribution < -0.4 is 16.4 Å². The highest BCUT2D eigenvalue weighted by atomic mass is 19.1. The van der Waals surface area contributed by atoms with Gasteiger partial charge < -0.3 is 31.1 Å². The van der Waals surface area contributed by atoms with Crippen LogP contribution in [0, 0.1) is 23.6 Å². The van der Waals surface area contributed by atoms with Gasteiger partial charge in [-0.05, 0) is 100 Å². The van der Waals surface area contributed by atoms with Crippen LogP contribution in [0.5, 0.6) is 0 Å². The largest absolute Gasteiger partial charge is 0.351 e. The number of carbonyl (C=O) groups is 4. The number of halogens is 2. The lowest BCUT2D eigenvalue weighted by Gasteiger charge is -2.32. The number of aryl methyl sites for hydroxylation is 1. The Morgan fingerprint density at radius 3 is 2.11 bits per heavy atom. The van der Waals surface area contributed by atoms with E-state index < -0.39 is 29.3 Å². The molecule has 4 aliphatic carbocycles.